The van der Waals surface area contributed by atoms with Gasteiger partial charge in [0.2, 0.25) is 5.91 Å². The molecule has 28 heavy (non-hydrogen) atoms. The molecule has 0 radical (unpaired) electrons. The minimum absolute atomic E-state index is 0.0536. The molecule has 0 saturated carbocycles. The average Bonchev–Trinajstić information content (AvgIpc) is 2.71. The SMILES string of the molecule is O=C(C[NH+]1CCN(C(=O)CCSc2ccccc2)CC1)Nc1ccccc1Cl. The Balaban J connectivity index is 1.36. The third-order valence-corrected chi connectivity index (χ3v) is 6.05. The van der Waals surface area contributed by atoms with E-state index in [0.717, 1.165) is 18.8 Å². The van der Waals surface area contributed by atoms with Crippen molar-refractivity contribution >= 4 is 40.9 Å². The van der Waals surface area contributed by atoms with Gasteiger partial charge in [0.1, 0.15) is 0 Å². The first kappa shape index (κ1) is 20.7. The number of nitrogens with zero attached hydrogens (tertiary/aromatic N) is 1. The molecule has 1 aliphatic rings. The van der Waals surface area contributed by atoms with E-state index in [1.807, 2.05) is 35.2 Å². The highest BCUT2D eigenvalue weighted by Gasteiger charge is 2.25. The van der Waals surface area contributed by atoms with Crippen LogP contribution in [0.15, 0.2) is 59.5 Å². The number of amides is 2. The van der Waals surface area contributed by atoms with Crippen LogP contribution in [0.4, 0.5) is 5.69 Å². The minimum atomic E-state index is -0.0536. The van der Waals surface area contributed by atoms with Crippen LogP contribution in [0.3, 0.4) is 0 Å². The molecule has 2 amide bonds. The fraction of sp³-hybridized carbons (Fsp3) is 0.333. The van der Waals surface area contributed by atoms with Gasteiger partial charge in [-0.3, -0.25) is 9.59 Å². The molecule has 0 aromatic heterocycles. The van der Waals surface area contributed by atoms with Crippen LogP contribution in [0.2, 0.25) is 5.02 Å². The molecule has 1 heterocycles. The Morgan fingerprint density at radius 1 is 1.04 bits per heavy atom. The Morgan fingerprint density at radius 3 is 2.43 bits per heavy atom. The summed E-state index contributed by atoms with van der Waals surface area (Å²) >= 11 is 7.79. The summed E-state index contributed by atoms with van der Waals surface area (Å²) in [6.07, 6.45) is 0.544. The molecule has 0 spiro atoms. The van der Waals surface area contributed by atoms with Gasteiger partial charge < -0.3 is 15.1 Å². The highest BCUT2D eigenvalue weighted by molar-refractivity contribution is 7.99. The number of para-hydroxylation sites is 1. The number of carbonyl (C=O) groups is 2. The van der Waals surface area contributed by atoms with Crippen molar-refractivity contribution in [3.8, 4) is 0 Å². The number of hydrogen-bond acceptors (Lipinski definition) is 3. The van der Waals surface area contributed by atoms with Crippen molar-refractivity contribution in [3.05, 3.63) is 59.6 Å². The van der Waals surface area contributed by atoms with Crippen LogP contribution in [0.5, 0.6) is 0 Å². The molecular weight excluding hydrogens is 394 g/mol. The number of halogens is 1. The van der Waals surface area contributed by atoms with Crippen molar-refractivity contribution in [1.29, 1.82) is 0 Å². The lowest BCUT2D eigenvalue weighted by molar-refractivity contribution is -0.895. The van der Waals surface area contributed by atoms with E-state index < -0.39 is 0 Å². The Kier molecular flexibility index (Phi) is 7.77. The molecule has 2 aromatic rings. The number of thioether (sulfide) groups is 1. The molecular formula is C21H25ClN3O2S+. The Bertz CT molecular complexity index is 795. The van der Waals surface area contributed by atoms with Crippen molar-refractivity contribution in [2.24, 2.45) is 0 Å². The van der Waals surface area contributed by atoms with Crippen LogP contribution in [-0.2, 0) is 9.59 Å². The van der Waals surface area contributed by atoms with E-state index in [-0.39, 0.29) is 11.8 Å². The number of benzene rings is 2. The molecule has 3 rings (SSSR count). The van der Waals surface area contributed by atoms with E-state index >= 15 is 0 Å². The highest BCUT2D eigenvalue weighted by atomic mass is 35.5. The van der Waals surface area contributed by atoms with Crippen molar-refractivity contribution in [3.63, 3.8) is 0 Å². The van der Waals surface area contributed by atoms with Gasteiger partial charge in [0, 0.05) is 17.1 Å². The first-order valence-electron chi connectivity index (χ1n) is 9.45. The second-order valence-electron chi connectivity index (χ2n) is 6.75. The molecule has 1 aliphatic heterocycles. The van der Waals surface area contributed by atoms with E-state index in [4.69, 9.17) is 11.6 Å². The van der Waals surface area contributed by atoms with Gasteiger partial charge in [-0.15, -0.1) is 11.8 Å². The van der Waals surface area contributed by atoms with E-state index in [1.165, 1.54) is 9.80 Å². The van der Waals surface area contributed by atoms with Gasteiger partial charge in [0.15, 0.2) is 6.54 Å². The van der Waals surface area contributed by atoms with Gasteiger partial charge >= 0.3 is 0 Å². The lowest BCUT2D eigenvalue weighted by Gasteiger charge is -2.32. The van der Waals surface area contributed by atoms with Crippen molar-refractivity contribution in [2.75, 3.05) is 43.8 Å². The van der Waals surface area contributed by atoms with Crippen LogP contribution in [0.25, 0.3) is 0 Å². The molecule has 5 nitrogen and oxygen atoms in total. The van der Waals surface area contributed by atoms with Crippen LogP contribution in [0.1, 0.15) is 6.42 Å². The fourth-order valence-electron chi connectivity index (χ4n) is 3.16. The van der Waals surface area contributed by atoms with E-state index in [1.54, 1.807) is 23.9 Å². The van der Waals surface area contributed by atoms with Crippen molar-refractivity contribution < 1.29 is 14.5 Å². The molecule has 0 unspecified atom stereocenters. The lowest BCUT2D eigenvalue weighted by Crippen LogP contribution is -3.15. The maximum Gasteiger partial charge on any atom is 0.279 e. The maximum absolute atomic E-state index is 12.4. The quantitative estimate of drug-likeness (QED) is 0.678. The summed E-state index contributed by atoms with van der Waals surface area (Å²) in [5.41, 5.74) is 0.637. The second-order valence-corrected chi connectivity index (χ2v) is 8.32. The summed E-state index contributed by atoms with van der Waals surface area (Å²) in [5, 5.41) is 3.40. The van der Waals surface area contributed by atoms with Gasteiger partial charge in [0.05, 0.1) is 36.9 Å². The van der Waals surface area contributed by atoms with Crippen LogP contribution < -0.4 is 10.2 Å². The Morgan fingerprint density at radius 2 is 1.71 bits per heavy atom. The molecule has 2 aromatic carbocycles. The van der Waals surface area contributed by atoms with Gasteiger partial charge in [-0.1, -0.05) is 41.9 Å². The van der Waals surface area contributed by atoms with Gasteiger partial charge in [0.25, 0.3) is 5.91 Å². The van der Waals surface area contributed by atoms with E-state index in [0.29, 0.717) is 36.8 Å². The third kappa shape index (κ3) is 6.26. The number of rotatable bonds is 7. The van der Waals surface area contributed by atoms with Crippen LogP contribution in [0, 0.1) is 0 Å². The zero-order valence-electron chi connectivity index (χ0n) is 15.7. The zero-order chi connectivity index (χ0) is 19.8. The smallest absolute Gasteiger partial charge is 0.279 e. The van der Waals surface area contributed by atoms with Gasteiger partial charge in [-0.2, -0.15) is 0 Å². The van der Waals surface area contributed by atoms with Crippen molar-refractivity contribution in [1.82, 2.24) is 4.90 Å². The normalized spacial score (nSPS) is 14.7. The second kappa shape index (κ2) is 10.5. The summed E-state index contributed by atoms with van der Waals surface area (Å²) in [5.74, 6) is 0.932. The highest BCUT2D eigenvalue weighted by Crippen LogP contribution is 2.20. The van der Waals surface area contributed by atoms with Crippen LogP contribution in [-0.4, -0.2) is 55.2 Å². The number of anilines is 1. The average molecular weight is 419 g/mol. The van der Waals surface area contributed by atoms with Crippen molar-refractivity contribution in [2.45, 2.75) is 11.3 Å². The summed E-state index contributed by atoms with van der Waals surface area (Å²) in [6.45, 7) is 3.35. The molecule has 1 fully saturated rings. The Hall–Kier alpha value is -2.02. The predicted molar refractivity (Wildman–Crippen MR) is 114 cm³/mol. The fourth-order valence-corrected chi connectivity index (χ4v) is 4.21. The molecule has 2 N–H and O–H groups in total. The topological polar surface area (TPSA) is 53.9 Å². The number of piperazine rings is 1. The van der Waals surface area contributed by atoms with Gasteiger partial charge in [-0.05, 0) is 24.3 Å². The first-order valence-corrected chi connectivity index (χ1v) is 10.8. The van der Waals surface area contributed by atoms with E-state index in [9.17, 15) is 9.59 Å². The number of hydrogen-bond donors (Lipinski definition) is 2. The summed E-state index contributed by atoms with van der Waals surface area (Å²) in [7, 11) is 0. The first-order chi connectivity index (χ1) is 13.6. The predicted octanol–water partition coefficient (Wildman–Crippen LogP) is 2.19. The molecule has 0 atom stereocenters. The molecule has 0 bridgehead atoms. The number of nitrogens with one attached hydrogen (secondary N) is 2. The number of carbonyl (C=O) groups excluding carboxylic acids is 2. The molecule has 0 aliphatic carbocycles. The molecule has 1 saturated heterocycles. The monoisotopic (exact) mass is 418 g/mol. The standard InChI is InChI=1S/C21H24ClN3O2S/c22-18-8-4-5-9-19(18)23-20(26)16-24-11-13-25(14-12-24)21(27)10-15-28-17-6-2-1-3-7-17/h1-9H,10-16H2,(H,23,26)/p+1. The number of quaternary nitrogens is 1. The maximum atomic E-state index is 12.4. The Labute approximate surface area is 175 Å². The van der Waals surface area contributed by atoms with E-state index in [2.05, 4.69) is 17.4 Å². The largest absolute Gasteiger partial charge is 0.331 e. The third-order valence-electron chi connectivity index (χ3n) is 4.71. The van der Waals surface area contributed by atoms with Gasteiger partial charge in [-0.25, -0.2) is 0 Å². The summed E-state index contributed by atoms with van der Waals surface area (Å²) in [4.78, 5) is 28.9. The summed E-state index contributed by atoms with van der Waals surface area (Å²) < 4.78 is 0. The molecule has 7 heteroatoms. The lowest BCUT2D eigenvalue weighted by atomic mass is 10.2. The minimum Gasteiger partial charge on any atom is -0.331 e. The van der Waals surface area contributed by atoms with Crippen LogP contribution >= 0.6 is 23.4 Å². The summed E-state index contributed by atoms with van der Waals surface area (Å²) in [6, 6.07) is 17.3. The zero-order valence-corrected chi connectivity index (χ0v) is 17.3. The molecule has 148 valence electrons.